The molecule has 2 aromatic carbocycles. The largest absolute Gasteiger partial charge is 0.497 e. The second-order valence-corrected chi connectivity index (χ2v) is 8.67. The fourth-order valence-electron chi connectivity index (χ4n) is 3.72. The first-order chi connectivity index (χ1) is 14.6. The third-order valence-corrected chi connectivity index (χ3v) is 6.48. The Balaban J connectivity index is 1.46. The molecule has 1 aliphatic carbocycles. The van der Waals surface area contributed by atoms with Crippen molar-refractivity contribution in [2.24, 2.45) is 0 Å². The first-order valence-electron chi connectivity index (χ1n) is 10.3. The number of aryl methyl sites for hydroxylation is 2. The van der Waals surface area contributed by atoms with Crippen LogP contribution in [-0.2, 0) is 24.2 Å². The van der Waals surface area contributed by atoms with Gasteiger partial charge >= 0.3 is 0 Å². The number of fused-ring (bicyclic) bond motifs is 1. The van der Waals surface area contributed by atoms with Gasteiger partial charge in [-0.2, -0.15) is 0 Å². The van der Waals surface area contributed by atoms with Gasteiger partial charge in [-0.25, -0.2) is 0 Å². The zero-order valence-electron chi connectivity index (χ0n) is 17.5. The number of aromatic nitrogens is 3. The monoisotopic (exact) mass is 422 g/mol. The summed E-state index contributed by atoms with van der Waals surface area (Å²) in [5, 5.41) is 12.2. The van der Waals surface area contributed by atoms with Gasteiger partial charge in [-0.3, -0.25) is 4.79 Å². The fourth-order valence-corrected chi connectivity index (χ4v) is 4.63. The first kappa shape index (κ1) is 20.5. The van der Waals surface area contributed by atoms with Crippen molar-refractivity contribution in [2.45, 2.75) is 50.1 Å². The van der Waals surface area contributed by atoms with Crippen molar-refractivity contribution in [2.75, 3.05) is 12.4 Å². The molecule has 0 aliphatic heterocycles. The predicted molar refractivity (Wildman–Crippen MR) is 120 cm³/mol. The number of benzene rings is 2. The van der Waals surface area contributed by atoms with E-state index in [2.05, 4.69) is 34.6 Å². The molecule has 0 saturated carbocycles. The number of hydrogen-bond acceptors (Lipinski definition) is 5. The molecular weight excluding hydrogens is 396 g/mol. The maximum atomic E-state index is 12.8. The molecule has 0 fully saturated rings. The average molecular weight is 423 g/mol. The molecule has 1 atom stereocenters. The molecule has 1 heterocycles. The predicted octanol–water partition coefficient (Wildman–Crippen LogP) is 4.58. The minimum Gasteiger partial charge on any atom is -0.497 e. The zero-order valence-corrected chi connectivity index (χ0v) is 18.3. The molecule has 1 aromatic heterocycles. The van der Waals surface area contributed by atoms with Crippen molar-refractivity contribution in [3.63, 3.8) is 0 Å². The van der Waals surface area contributed by atoms with Crippen molar-refractivity contribution in [3.05, 3.63) is 53.6 Å². The van der Waals surface area contributed by atoms with Gasteiger partial charge in [0.05, 0.1) is 12.4 Å². The summed E-state index contributed by atoms with van der Waals surface area (Å²) in [5.74, 6) is 1.55. The number of hydrogen-bond donors (Lipinski definition) is 1. The summed E-state index contributed by atoms with van der Waals surface area (Å²) in [4.78, 5) is 12.8. The van der Waals surface area contributed by atoms with Crippen LogP contribution in [0.15, 0.2) is 47.6 Å². The van der Waals surface area contributed by atoms with Crippen LogP contribution in [0.5, 0.6) is 5.75 Å². The minimum atomic E-state index is -0.295. The quantitative estimate of drug-likeness (QED) is 0.565. The molecule has 1 aliphatic rings. The van der Waals surface area contributed by atoms with Crippen LogP contribution in [0.2, 0.25) is 0 Å². The summed E-state index contributed by atoms with van der Waals surface area (Å²) in [6.07, 6.45) is 3.43. The molecular formula is C23H26N4O2S. The normalized spacial score (nSPS) is 13.7. The Kier molecular flexibility index (Phi) is 6.08. The third-order valence-electron chi connectivity index (χ3n) is 5.40. The van der Waals surface area contributed by atoms with E-state index in [0.717, 1.165) is 47.4 Å². The van der Waals surface area contributed by atoms with Crippen LogP contribution in [0.1, 0.15) is 31.4 Å². The highest BCUT2D eigenvalue weighted by molar-refractivity contribution is 8.00. The van der Waals surface area contributed by atoms with Gasteiger partial charge in [0.15, 0.2) is 11.0 Å². The topological polar surface area (TPSA) is 69.0 Å². The van der Waals surface area contributed by atoms with Crippen LogP contribution in [0.25, 0.3) is 11.4 Å². The number of thioether (sulfide) groups is 1. The van der Waals surface area contributed by atoms with E-state index in [0.29, 0.717) is 0 Å². The lowest BCUT2D eigenvalue weighted by molar-refractivity contribution is -0.115. The number of ether oxygens (including phenoxy) is 1. The molecule has 7 heteroatoms. The Labute approximate surface area is 181 Å². The summed E-state index contributed by atoms with van der Waals surface area (Å²) < 4.78 is 7.26. The van der Waals surface area contributed by atoms with Gasteiger partial charge in [0.1, 0.15) is 5.75 Å². The van der Waals surface area contributed by atoms with Gasteiger partial charge in [-0.05, 0) is 80.6 Å². The second kappa shape index (κ2) is 8.92. The number of carbonyl (C=O) groups excluding carboxylic acids is 1. The number of rotatable bonds is 7. The van der Waals surface area contributed by atoms with Gasteiger partial charge in [0.25, 0.3) is 0 Å². The minimum absolute atomic E-state index is 0.0328. The fraction of sp³-hybridized carbons (Fsp3) is 0.348. The van der Waals surface area contributed by atoms with Crippen molar-refractivity contribution in [1.82, 2.24) is 14.8 Å². The zero-order chi connectivity index (χ0) is 21.1. The highest BCUT2D eigenvalue weighted by atomic mass is 32.2. The maximum Gasteiger partial charge on any atom is 0.237 e. The van der Waals surface area contributed by atoms with Gasteiger partial charge in [0.2, 0.25) is 5.91 Å². The summed E-state index contributed by atoms with van der Waals surface area (Å²) in [6.45, 7) is 4.67. The maximum absolute atomic E-state index is 12.8. The van der Waals surface area contributed by atoms with E-state index in [4.69, 9.17) is 4.74 Å². The number of anilines is 1. The second-order valence-electron chi connectivity index (χ2n) is 7.37. The Morgan fingerprint density at radius 3 is 2.67 bits per heavy atom. The van der Waals surface area contributed by atoms with Gasteiger partial charge < -0.3 is 14.6 Å². The number of nitrogens with one attached hydrogen (secondary N) is 1. The molecule has 4 rings (SSSR count). The molecule has 30 heavy (non-hydrogen) atoms. The smallest absolute Gasteiger partial charge is 0.237 e. The number of methoxy groups -OCH3 is 1. The molecule has 3 aromatic rings. The molecule has 0 bridgehead atoms. The first-order valence-corrected chi connectivity index (χ1v) is 11.1. The van der Waals surface area contributed by atoms with Crippen molar-refractivity contribution >= 4 is 23.4 Å². The molecule has 0 spiro atoms. The molecule has 6 nitrogen and oxygen atoms in total. The lowest BCUT2D eigenvalue weighted by Crippen LogP contribution is -2.23. The average Bonchev–Trinajstić information content (AvgIpc) is 3.40. The SMILES string of the molecule is CCn1c(S[C@@H](C)C(=O)Nc2ccc3c(c2)CCC3)nnc1-c1ccc(OC)cc1. The molecule has 0 saturated heterocycles. The molecule has 0 unspecified atom stereocenters. The summed E-state index contributed by atoms with van der Waals surface area (Å²) in [5.41, 5.74) is 4.58. The molecule has 0 radical (unpaired) electrons. The standard InChI is InChI=1S/C23H26N4O2S/c1-4-27-21(17-9-12-20(29-3)13-10-17)25-26-23(27)30-15(2)22(28)24-19-11-8-16-6-5-7-18(16)14-19/h8-15H,4-7H2,1-3H3,(H,24,28)/t15-/m0/s1. The number of nitrogens with zero attached hydrogens (tertiary/aromatic N) is 3. The summed E-state index contributed by atoms with van der Waals surface area (Å²) in [6, 6.07) is 14.0. The van der Waals surface area contributed by atoms with Gasteiger partial charge in [0, 0.05) is 17.8 Å². The highest BCUT2D eigenvalue weighted by Crippen LogP contribution is 2.29. The number of amides is 1. The van der Waals surface area contributed by atoms with E-state index in [1.165, 1.54) is 29.3 Å². The Morgan fingerprint density at radius 1 is 1.17 bits per heavy atom. The Morgan fingerprint density at radius 2 is 1.93 bits per heavy atom. The Hall–Kier alpha value is -2.80. The van der Waals surface area contributed by atoms with Crippen molar-refractivity contribution < 1.29 is 9.53 Å². The number of carbonyl (C=O) groups is 1. The molecule has 156 valence electrons. The lowest BCUT2D eigenvalue weighted by Gasteiger charge is -2.13. The van der Waals surface area contributed by atoms with E-state index in [1.807, 2.05) is 41.8 Å². The Bertz CT molecular complexity index is 1050. The van der Waals surface area contributed by atoms with Crippen LogP contribution < -0.4 is 10.1 Å². The van der Waals surface area contributed by atoms with Crippen molar-refractivity contribution in [1.29, 1.82) is 0 Å². The van der Waals surface area contributed by atoms with Crippen LogP contribution >= 0.6 is 11.8 Å². The lowest BCUT2D eigenvalue weighted by atomic mass is 10.1. The van der Waals surface area contributed by atoms with Crippen LogP contribution in [0, 0.1) is 0 Å². The van der Waals surface area contributed by atoms with Crippen LogP contribution in [0.3, 0.4) is 0 Å². The summed E-state index contributed by atoms with van der Waals surface area (Å²) >= 11 is 1.42. The van der Waals surface area contributed by atoms with E-state index < -0.39 is 0 Å². The molecule has 1 amide bonds. The summed E-state index contributed by atoms with van der Waals surface area (Å²) in [7, 11) is 1.65. The highest BCUT2D eigenvalue weighted by Gasteiger charge is 2.21. The van der Waals surface area contributed by atoms with E-state index in [1.54, 1.807) is 7.11 Å². The van der Waals surface area contributed by atoms with E-state index >= 15 is 0 Å². The van der Waals surface area contributed by atoms with Crippen molar-refractivity contribution in [3.8, 4) is 17.1 Å². The van der Waals surface area contributed by atoms with Crippen LogP contribution in [0.4, 0.5) is 5.69 Å². The van der Waals surface area contributed by atoms with Crippen LogP contribution in [-0.4, -0.2) is 33.0 Å². The third kappa shape index (κ3) is 4.21. The van der Waals surface area contributed by atoms with Gasteiger partial charge in [-0.1, -0.05) is 17.8 Å². The molecule has 1 N–H and O–H groups in total. The van der Waals surface area contributed by atoms with Gasteiger partial charge in [-0.15, -0.1) is 10.2 Å². The van der Waals surface area contributed by atoms with E-state index in [-0.39, 0.29) is 11.2 Å². The van der Waals surface area contributed by atoms with E-state index in [9.17, 15) is 4.79 Å².